The Morgan fingerprint density at radius 3 is 2.54 bits per heavy atom. The van der Waals surface area contributed by atoms with Crippen molar-refractivity contribution in [2.24, 2.45) is 0 Å². The van der Waals surface area contributed by atoms with Gasteiger partial charge in [-0.2, -0.15) is 0 Å². The minimum absolute atomic E-state index is 0.0351. The summed E-state index contributed by atoms with van der Waals surface area (Å²) in [5, 5.41) is 3.62. The molecule has 0 saturated heterocycles. The first-order valence-electron chi connectivity index (χ1n) is 8.71. The summed E-state index contributed by atoms with van der Waals surface area (Å²) in [6.07, 6.45) is 0. The third-order valence-corrected chi connectivity index (χ3v) is 4.73. The highest BCUT2D eigenvalue weighted by molar-refractivity contribution is 6.31. The Balaban J connectivity index is 1.78. The number of ether oxygens (including phenoxy) is 1. The fourth-order valence-electron chi connectivity index (χ4n) is 2.94. The van der Waals surface area contributed by atoms with Crippen LogP contribution in [0, 0.1) is 0 Å². The average molecular weight is 401 g/mol. The normalized spacial score (nSPS) is 12.2. The summed E-state index contributed by atoms with van der Waals surface area (Å²) in [6.45, 7) is 0.348. The summed E-state index contributed by atoms with van der Waals surface area (Å²) in [5.74, 6) is 0.282. The molecule has 7 heteroatoms. The second-order valence-electron chi connectivity index (χ2n) is 6.58. The van der Waals surface area contributed by atoms with Crippen molar-refractivity contribution in [1.29, 1.82) is 0 Å². The van der Waals surface area contributed by atoms with Crippen molar-refractivity contribution in [2.45, 2.75) is 6.04 Å². The topological polar surface area (TPSA) is 71.8 Å². The highest BCUT2D eigenvalue weighted by Gasteiger charge is 2.18. The molecule has 1 unspecified atom stereocenters. The maximum atomic E-state index is 12.6. The Bertz CT molecular complexity index is 1040. The summed E-state index contributed by atoms with van der Waals surface area (Å²) in [4.78, 5) is 26.8. The molecule has 0 aliphatic heterocycles. The van der Waals surface area contributed by atoms with E-state index in [0.717, 1.165) is 11.3 Å². The van der Waals surface area contributed by atoms with E-state index in [4.69, 9.17) is 20.8 Å². The van der Waals surface area contributed by atoms with Crippen LogP contribution in [0.4, 0.5) is 0 Å². The molecule has 28 heavy (non-hydrogen) atoms. The predicted octanol–water partition coefficient (Wildman–Crippen LogP) is 3.49. The number of nitrogens with zero attached hydrogens (tertiary/aromatic N) is 1. The lowest BCUT2D eigenvalue weighted by Crippen LogP contribution is -2.34. The van der Waals surface area contributed by atoms with Crippen molar-refractivity contribution in [2.75, 3.05) is 27.7 Å². The van der Waals surface area contributed by atoms with Gasteiger partial charge in [0.15, 0.2) is 11.2 Å². The predicted molar refractivity (Wildman–Crippen MR) is 109 cm³/mol. The molecular formula is C21H21ClN2O4. The van der Waals surface area contributed by atoms with E-state index in [1.165, 1.54) is 12.1 Å². The Morgan fingerprint density at radius 1 is 1.18 bits per heavy atom. The smallest absolute Gasteiger partial charge is 0.287 e. The van der Waals surface area contributed by atoms with Gasteiger partial charge >= 0.3 is 0 Å². The van der Waals surface area contributed by atoms with Gasteiger partial charge in [0, 0.05) is 17.6 Å². The molecule has 0 fully saturated rings. The Hall–Kier alpha value is -2.83. The quantitative estimate of drug-likeness (QED) is 0.685. The molecule has 1 atom stereocenters. The van der Waals surface area contributed by atoms with Gasteiger partial charge in [-0.05, 0) is 50.0 Å². The van der Waals surface area contributed by atoms with Gasteiger partial charge in [0.2, 0.25) is 0 Å². The van der Waals surface area contributed by atoms with Gasteiger partial charge in [-0.25, -0.2) is 0 Å². The average Bonchev–Trinajstić information content (AvgIpc) is 2.68. The third-order valence-electron chi connectivity index (χ3n) is 4.49. The standard InChI is InChI=1S/C21H21ClN2O4/c1-24(2)17(13-4-7-15(27-3)8-5-13)12-23-21(26)20-11-18(25)16-10-14(22)6-9-19(16)28-20/h4-11,17H,12H2,1-3H3,(H,23,26). The summed E-state index contributed by atoms with van der Waals surface area (Å²) >= 11 is 5.91. The molecule has 3 aromatic rings. The minimum Gasteiger partial charge on any atom is -0.497 e. The fourth-order valence-corrected chi connectivity index (χ4v) is 3.11. The molecular weight excluding hydrogens is 380 g/mol. The first-order chi connectivity index (χ1) is 13.4. The molecule has 0 aliphatic rings. The van der Waals surface area contributed by atoms with Crippen LogP contribution in [0.3, 0.4) is 0 Å². The Morgan fingerprint density at radius 2 is 1.89 bits per heavy atom. The van der Waals surface area contributed by atoms with Gasteiger partial charge in [-0.3, -0.25) is 9.59 Å². The number of benzene rings is 2. The van der Waals surface area contributed by atoms with Gasteiger partial charge < -0.3 is 19.4 Å². The van der Waals surface area contributed by atoms with E-state index in [9.17, 15) is 9.59 Å². The van der Waals surface area contributed by atoms with Crippen LogP contribution in [0.15, 0.2) is 57.7 Å². The van der Waals surface area contributed by atoms with Gasteiger partial charge in [-0.1, -0.05) is 23.7 Å². The molecule has 146 valence electrons. The molecule has 0 bridgehead atoms. The number of fused-ring (bicyclic) bond motifs is 1. The largest absolute Gasteiger partial charge is 0.497 e. The number of carbonyl (C=O) groups excluding carboxylic acids is 1. The number of amides is 1. The van der Waals surface area contributed by atoms with E-state index in [0.29, 0.717) is 22.5 Å². The number of methoxy groups -OCH3 is 1. The van der Waals surface area contributed by atoms with E-state index in [1.807, 2.05) is 43.3 Å². The maximum Gasteiger partial charge on any atom is 0.287 e. The Labute approximate surface area is 167 Å². The van der Waals surface area contributed by atoms with E-state index in [2.05, 4.69) is 5.32 Å². The molecule has 2 aromatic carbocycles. The number of likely N-dealkylation sites (N-methyl/N-ethyl adjacent to an activating group) is 1. The van der Waals surface area contributed by atoms with Gasteiger partial charge in [-0.15, -0.1) is 0 Å². The lowest BCUT2D eigenvalue weighted by atomic mass is 10.1. The zero-order chi connectivity index (χ0) is 20.3. The van der Waals surface area contributed by atoms with Crippen molar-refractivity contribution in [3.8, 4) is 5.75 Å². The number of nitrogens with one attached hydrogen (secondary N) is 1. The third kappa shape index (κ3) is 4.35. The van der Waals surface area contributed by atoms with Crippen LogP contribution in [0.1, 0.15) is 22.2 Å². The molecule has 0 radical (unpaired) electrons. The summed E-state index contributed by atoms with van der Waals surface area (Å²) in [6, 6.07) is 13.5. The molecule has 1 aromatic heterocycles. The molecule has 0 spiro atoms. The zero-order valence-electron chi connectivity index (χ0n) is 15.9. The van der Waals surface area contributed by atoms with Crippen LogP contribution < -0.4 is 15.5 Å². The number of hydrogen-bond donors (Lipinski definition) is 1. The summed E-state index contributed by atoms with van der Waals surface area (Å²) < 4.78 is 10.8. The molecule has 1 amide bonds. The van der Waals surface area contributed by atoms with Crippen LogP contribution in [-0.4, -0.2) is 38.6 Å². The van der Waals surface area contributed by atoms with Crippen molar-refractivity contribution in [3.63, 3.8) is 0 Å². The second-order valence-corrected chi connectivity index (χ2v) is 7.01. The number of carbonyl (C=O) groups is 1. The number of halogens is 1. The van der Waals surface area contributed by atoms with Crippen LogP contribution in [0.5, 0.6) is 5.75 Å². The van der Waals surface area contributed by atoms with Crippen LogP contribution >= 0.6 is 11.6 Å². The molecule has 0 aliphatic carbocycles. The van der Waals surface area contributed by atoms with E-state index in [-0.39, 0.29) is 17.2 Å². The molecule has 6 nitrogen and oxygen atoms in total. The van der Waals surface area contributed by atoms with E-state index in [1.54, 1.807) is 19.2 Å². The van der Waals surface area contributed by atoms with Crippen molar-refractivity contribution in [1.82, 2.24) is 10.2 Å². The first kappa shape index (κ1) is 19.9. The number of rotatable bonds is 6. The van der Waals surface area contributed by atoms with Crippen molar-refractivity contribution in [3.05, 3.63) is 75.1 Å². The maximum absolute atomic E-state index is 12.6. The highest BCUT2D eigenvalue weighted by Crippen LogP contribution is 2.21. The lowest BCUT2D eigenvalue weighted by Gasteiger charge is -2.25. The van der Waals surface area contributed by atoms with Gasteiger partial charge in [0.1, 0.15) is 11.3 Å². The highest BCUT2D eigenvalue weighted by atomic mass is 35.5. The molecule has 1 heterocycles. The van der Waals surface area contributed by atoms with E-state index < -0.39 is 5.91 Å². The van der Waals surface area contributed by atoms with Crippen LogP contribution in [0.25, 0.3) is 11.0 Å². The van der Waals surface area contributed by atoms with Crippen LogP contribution in [0.2, 0.25) is 5.02 Å². The molecule has 3 rings (SSSR count). The second kappa shape index (κ2) is 8.46. The monoisotopic (exact) mass is 400 g/mol. The van der Waals surface area contributed by atoms with Gasteiger partial charge in [0.05, 0.1) is 18.5 Å². The summed E-state index contributed by atoms with van der Waals surface area (Å²) in [7, 11) is 5.48. The minimum atomic E-state index is -0.450. The lowest BCUT2D eigenvalue weighted by molar-refractivity contribution is 0.0914. The first-order valence-corrected chi connectivity index (χ1v) is 9.09. The number of hydrogen-bond acceptors (Lipinski definition) is 5. The Kier molecular flexibility index (Phi) is 6.02. The fraction of sp³-hybridized carbons (Fsp3) is 0.238. The molecule has 1 N–H and O–H groups in total. The van der Waals surface area contributed by atoms with Crippen LogP contribution in [-0.2, 0) is 0 Å². The van der Waals surface area contributed by atoms with Gasteiger partial charge in [0.25, 0.3) is 5.91 Å². The van der Waals surface area contributed by atoms with E-state index >= 15 is 0 Å². The summed E-state index contributed by atoms with van der Waals surface area (Å²) in [5.41, 5.74) is 1.04. The molecule has 0 saturated carbocycles. The van der Waals surface area contributed by atoms with Crippen molar-refractivity contribution >= 4 is 28.5 Å². The van der Waals surface area contributed by atoms with Crippen molar-refractivity contribution < 1.29 is 13.9 Å². The SMILES string of the molecule is COc1ccc(C(CNC(=O)c2cc(=O)c3cc(Cl)ccc3o2)N(C)C)cc1. The zero-order valence-corrected chi connectivity index (χ0v) is 16.6.